The van der Waals surface area contributed by atoms with Crippen molar-refractivity contribution in [3.63, 3.8) is 0 Å². The number of nitrogens with zero attached hydrogens (tertiary/aromatic N) is 4. The largest absolute Gasteiger partial charge is 0.479 e. The van der Waals surface area contributed by atoms with Crippen LogP contribution < -0.4 is 15.0 Å². The van der Waals surface area contributed by atoms with Crippen molar-refractivity contribution in [1.29, 1.82) is 0 Å². The van der Waals surface area contributed by atoms with Crippen LogP contribution in [-0.2, 0) is 16.1 Å². The Labute approximate surface area is 174 Å². The van der Waals surface area contributed by atoms with Crippen molar-refractivity contribution in [3.05, 3.63) is 66.4 Å². The third kappa shape index (κ3) is 4.03. The van der Waals surface area contributed by atoms with Crippen molar-refractivity contribution in [3.8, 4) is 11.6 Å². The number of rotatable bonds is 6. The van der Waals surface area contributed by atoms with Gasteiger partial charge in [0.2, 0.25) is 5.91 Å². The normalized spacial score (nSPS) is 15.5. The number of ether oxygens (including phenoxy) is 1. The van der Waals surface area contributed by atoms with Crippen molar-refractivity contribution >= 4 is 17.5 Å². The van der Waals surface area contributed by atoms with Crippen LogP contribution in [-0.4, -0.2) is 39.0 Å². The van der Waals surface area contributed by atoms with E-state index >= 15 is 0 Å². The Morgan fingerprint density at radius 2 is 2.03 bits per heavy atom. The fourth-order valence-corrected chi connectivity index (χ4v) is 3.41. The quantitative estimate of drug-likeness (QED) is 0.680. The molecule has 2 aromatic heterocycles. The summed E-state index contributed by atoms with van der Waals surface area (Å²) >= 11 is 0. The van der Waals surface area contributed by atoms with Crippen LogP contribution in [0, 0.1) is 6.92 Å². The van der Waals surface area contributed by atoms with Gasteiger partial charge in [-0.1, -0.05) is 12.1 Å². The highest BCUT2D eigenvalue weighted by molar-refractivity contribution is 6.00. The van der Waals surface area contributed by atoms with Crippen LogP contribution in [0.2, 0.25) is 0 Å². The number of aromatic nitrogens is 3. The van der Waals surface area contributed by atoms with Gasteiger partial charge in [0.1, 0.15) is 17.4 Å². The molecule has 0 saturated heterocycles. The van der Waals surface area contributed by atoms with E-state index in [1.807, 2.05) is 54.1 Å². The Morgan fingerprint density at radius 1 is 1.20 bits per heavy atom. The van der Waals surface area contributed by atoms with E-state index in [1.54, 1.807) is 24.2 Å². The minimum Gasteiger partial charge on any atom is -0.479 e. The van der Waals surface area contributed by atoms with E-state index in [0.717, 1.165) is 17.2 Å². The van der Waals surface area contributed by atoms with Gasteiger partial charge in [0, 0.05) is 38.1 Å². The number of imidazole rings is 1. The Kier molecular flexibility index (Phi) is 5.47. The van der Waals surface area contributed by atoms with Crippen molar-refractivity contribution in [2.75, 3.05) is 11.4 Å². The molecule has 0 bridgehead atoms. The number of carbonyl (C=O) groups excluding carboxylic acids is 2. The van der Waals surface area contributed by atoms with E-state index in [0.29, 0.717) is 24.5 Å². The summed E-state index contributed by atoms with van der Waals surface area (Å²) in [5.41, 5.74) is 1.63. The molecule has 1 unspecified atom stereocenters. The number of fused-ring (bicyclic) bond motifs is 1. The number of aryl methyl sites for hydroxylation is 1. The maximum absolute atomic E-state index is 12.5. The number of pyridine rings is 1. The Bertz CT molecular complexity index is 1080. The zero-order valence-electron chi connectivity index (χ0n) is 16.9. The molecule has 0 fully saturated rings. The molecule has 1 aromatic carbocycles. The summed E-state index contributed by atoms with van der Waals surface area (Å²) < 4.78 is 7.52. The first-order valence-electron chi connectivity index (χ1n) is 9.82. The van der Waals surface area contributed by atoms with E-state index in [4.69, 9.17) is 4.74 Å². The van der Waals surface area contributed by atoms with Gasteiger partial charge in [0.15, 0.2) is 6.10 Å². The van der Waals surface area contributed by atoms with Crippen LogP contribution >= 0.6 is 0 Å². The third-order valence-electron chi connectivity index (χ3n) is 5.01. The van der Waals surface area contributed by atoms with Crippen molar-refractivity contribution in [2.45, 2.75) is 32.9 Å². The number of amides is 2. The summed E-state index contributed by atoms with van der Waals surface area (Å²) in [6.07, 6.45) is 4.91. The molecule has 3 heterocycles. The highest BCUT2D eigenvalue weighted by Gasteiger charge is 2.31. The lowest BCUT2D eigenvalue weighted by Crippen LogP contribution is -2.45. The summed E-state index contributed by atoms with van der Waals surface area (Å²) in [6.45, 7) is 4.30. The van der Waals surface area contributed by atoms with E-state index in [2.05, 4.69) is 15.3 Å². The highest BCUT2D eigenvalue weighted by atomic mass is 16.5. The van der Waals surface area contributed by atoms with Crippen molar-refractivity contribution in [2.24, 2.45) is 0 Å². The van der Waals surface area contributed by atoms with Crippen LogP contribution in [0.5, 0.6) is 5.75 Å². The smallest absolute Gasteiger partial charge is 0.267 e. The fourth-order valence-electron chi connectivity index (χ4n) is 3.41. The van der Waals surface area contributed by atoms with Crippen LogP contribution in [0.1, 0.15) is 24.7 Å². The zero-order valence-corrected chi connectivity index (χ0v) is 16.9. The molecule has 8 heteroatoms. The first-order chi connectivity index (χ1) is 14.5. The molecular weight excluding hydrogens is 382 g/mol. The first-order valence-corrected chi connectivity index (χ1v) is 9.82. The number of nitrogens with one attached hydrogen (secondary N) is 1. The number of hydrogen-bond donors (Lipinski definition) is 1. The standard InChI is InChI=1S/C22H23N5O3/c1-15-22(29)27(18-5-3-4-6-19(18)30-15)11-8-21(28)25-14-17-7-9-24-20(13-17)26-12-10-23-16(26)2/h3-7,9-10,12-13,15H,8,11,14H2,1-2H3,(H,25,28). The zero-order chi connectivity index (χ0) is 21.1. The summed E-state index contributed by atoms with van der Waals surface area (Å²) in [7, 11) is 0. The van der Waals surface area contributed by atoms with Crippen LogP contribution in [0.4, 0.5) is 5.69 Å². The second kappa shape index (κ2) is 8.36. The minimum absolute atomic E-state index is 0.128. The Balaban J connectivity index is 1.36. The predicted molar refractivity (Wildman–Crippen MR) is 111 cm³/mol. The topological polar surface area (TPSA) is 89.4 Å². The molecule has 1 aliphatic rings. The third-order valence-corrected chi connectivity index (χ3v) is 5.01. The van der Waals surface area contributed by atoms with E-state index in [-0.39, 0.29) is 18.2 Å². The summed E-state index contributed by atoms with van der Waals surface area (Å²) in [5.74, 6) is 1.98. The molecule has 0 radical (unpaired) electrons. The van der Waals surface area contributed by atoms with Crippen LogP contribution in [0.15, 0.2) is 55.0 Å². The molecule has 30 heavy (non-hydrogen) atoms. The molecule has 1 aliphatic heterocycles. The number of hydrogen-bond acceptors (Lipinski definition) is 5. The van der Waals surface area contributed by atoms with Gasteiger partial charge in [0.05, 0.1) is 5.69 Å². The molecular formula is C22H23N5O3. The number of benzene rings is 1. The highest BCUT2D eigenvalue weighted by Crippen LogP contribution is 2.33. The summed E-state index contributed by atoms with van der Waals surface area (Å²) in [5, 5.41) is 2.91. The van der Waals surface area contributed by atoms with Gasteiger partial charge in [-0.05, 0) is 43.7 Å². The van der Waals surface area contributed by atoms with Gasteiger partial charge >= 0.3 is 0 Å². The molecule has 3 aromatic rings. The van der Waals surface area contributed by atoms with Crippen molar-refractivity contribution < 1.29 is 14.3 Å². The molecule has 0 aliphatic carbocycles. The second-order valence-electron chi connectivity index (χ2n) is 7.11. The second-order valence-corrected chi connectivity index (χ2v) is 7.11. The Morgan fingerprint density at radius 3 is 2.83 bits per heavy atom. The molecule has 8 nitrogen and oxygen atoms in total. The average Bonchev–Trinajstić information content (AvgIpc) is 3.19. The molecule has 0 spiro atoms. The minimum atomic E-state index is -0.565. The predicted octanol–water partition coefficient (Wildman–Crippen LogP) is 2.40. The fraction of sp³-hybridized carbons (Fsp3) is 0.273. The van der Waals surface area contributed by atoms with Crippen LogP contribution in [0.3, 0.4) is 0 Å². The average molecular weight is 405 g/mol. The molecule has 4 rings (SSSR count). The van der Waals surface area contributed by atoms with Gasteiger partial charge in [-0.2, -0.15) is 0 Å². The van der Waals surface area contributed by atoms with E-state index in [9.17, 15) is 9.59 Å². The lowest BCUT2D eigenvalue weighted by atomic mass is 10.1. The van der Waals surface area contributed by atoms with Gasteiger partial charge < -0.3 is 15.0 Å². The Hall–Kier alpha value is -3.68. The molecule has 154 valence electrons. The molecule has 0 saturated carbocycles. The van der Waals surface area contributed by atoms with E-state index in [1.165, 1.54) is 0 Å². The lowest BCUT2D eigenvalue weighted by molar-refractivity contribution is -0.125. The summed E-state index contributed by atoms with van der Waals surface area (Å²) in [4.78, 5) is 35.1. The number of anilines is 1. The maximum atomic E-state index is 12.5. The van der Waals surface area contributed by atoms with Gasteiger partial charge in [-0.3, -0.25) is 14.2 Å². The van der Waals surface area contributed by atoms with Gasteiger partial charge in [-0.15, -0.1) is 0 Å². The van der Waals surface area contributed by atoms with Gasteiger partial charge in [-0.25, -0.2) is 9.97 Å². The maximum Gasteiger partial charge on any atom is 0.267 e. The van der Waals surface area contributed by atoms with Gasteiger partial charge in [0.25, 0.3) is 5.91 Å². The molecule has 1 atom stereocenters. The van der Waals surface area contributed by atoms with Crippen LogP contribution in [0.25, 0.3) is 5.82 Å². The number of carbonyl (C=O) groups is 2. The number of para-hydroxylation sites is 2. The lowest BCUT2D eigenvalue weighted by Gasteiger charge is -2.32. The van der Waals surface area contributed by atoms with Crippen molar-refractivity contribution in [1.82, 2.24) is 19.9 Å². The molecule has 2 amide bonds. The first kappa shape index (κ1) is 19.6. The monoisotopic (exact) mass is 405 g/mol. The van der Waals surface area contributed by atoms with E-state index < -0.39 is 6.10 Å². The summed E-state index contributed by atoms with van der Waals surface area (Å²) in [6, 6.07) is 11.1. The SMILES string of the molecule is Cc1nccn1-c1cc(CNC(=O)CCN2C(=O)C(C)Oc3ccccc32)ccn1. The molecule has 1 N–H and O–H groups in total.